The third kappa shape index (κ3) is 4.17. The Morgan fingerprint density at radius 1 is 1.00 bits per heavy atom. The molecular formula is C15H15N5O6S2. The number of fused-ring (bicyclic) bond motifs is 1. The zero-order chi connectivity index (χ0) is 20.7. The maximum absolute atomic E-state index is 11.8. The van der Waals surface area contributed by atoms with Gasteiger partial charge in [0.15, 0.2) is 0 Å². The van der Waals surface area contributed by atoms with Crippen molar-refractivity contribution < 1.29 is 25.9 Å². The summed E-state index contributed by atoms with van der Waals surface area (Å²) in [6.45, 7) is 1.82. The summed E-state index contributed by atoms with van der Waals surface area (Å²) in [7, 11) is -9.28. The Morgan fingerprint density at radius 3 is 2.32 bits per heavy atom. The minimum absolute atomic E-state index is 0.0251. The second-order valence-corrected chi connectivity index (χ2v) is 8.53. The normalized spacial score (nSPS) is 12.2. The number of nitrogens with zero attached hydrogens (tertiary/aromatic N) is 3. The molecule has 0 fully saturated rings. The van der Waals surface area contributed by atoms with Gasteiger partial charge in [0.25, 0.3) is 20.2 Å². The molecule has 0 unspecified atom stereocenters. The Kier molecular flexibility index (Phi) is 4.93. The Balaban J connectivity index is 2.19. The van der Waals surface area contributed by atoms with Gasteiger partial charge in [-0.1, -0.05) is 13.0 Å². The Bertz CT molecular complexity index is 1290. The van der Waals surface area contributed by atoms with Crippen LogP contribution in [0.4, 0.5) is 17.6 Å². The van der Waals surface area contributed by atoms with Crippen molar-refractivity contribution in [1.82, 2.24) is 15.0 Å². The first-order chi connectivity index (χ1) is 13.0. The van der Waals surface area contributed by atoms with Gasteiger partial charge >= 0.3 is 0 Å². The fourth-order valence-corrected chi connectivity index (χ4v) is 3.77. The van der Waals surface area contributed by atoms with Crippen LogP contribution in [-0.2, 0) is 26.7 Å². The van der Waals surface area contributed by atoms with Gasteiger partial charge in [-0.2, -0.15) is 31.8 Å². The molecule has 0 amide bonds. The van der Waals surface area contributed by atoms with E-state index in [4.69, 9.17) is 5.73 Å². The van der Waals surface area contributed by atoms with Crippen molar-refractivity contribution in [3.05, 3.63) is 36.2 Å². The highest BCUT2D eigenvalue weighted by molar-refractivity contribution is 7.86. The number of aromatic nitrogens is 3. The number of anilines is 3. The molecule has 0 atom stereocenters. The van der Waals surface area contributed by atoms with Crippen LogP contribution in [0.3, 0.4) is 0 Å². The monoisotopic (exact) mass is 425 g/mol. The van der Waals surface area contributed by atoms with E-state index in [9.17, 15) is 25.9 Å². The average molecular weight is 425 g/mol. The lowest BCUT2D eigenvalue weighted by Gasteiger charge is -2.11. The van der Waals surface area contributed by atoms with Crippen LogP contribution in [0.1, 0.15) is 12.7 Å². The van der Waals surface area contributed by atoms with E-state index < -0.39 is 30.0 Å². The predicted molar refractivity (Wildman–Crippen MR) is 100 cm³/mol. The lowest BCUT2D eigenvalue weighted by Crippen LogP contribution is -2.07. The molecule has 11 nitrogen and oxygen atoms in total. The molecule has 3 rings (SSSR count). The van der Waals surface area contributed by atoms with E-state index in [2.05, 4.69) is 20.3 Å². The number of hydrogen-bond donors (Lipinski definition) is 4. The van der Waals surface area contributed by atoms with Crippen LogP contribution in [0.15, 0.2) is 40.1 Å². The number of nitrogens with one attached hydrogen (secondary N) is 1. The second-order valence-electron chi connectivity index (χ2n) is 5.72. The standard InChI is InChI=1S/C15H15N5O6S2/c1-2-13-18-14(16)20-15(19-13)17-9-5-8-3-4-10(27(21,22)23)7-11(8)12(6-9)28(24,25)26/h3-7H,2H2,1H3,(H,21,22,23)(H,24,25,26)(H3,16,17,18,19,20). The maximum Gasteiger partial charge on any atom is 0.295 e. The van der Waals surface area contributed by atoms with E-state index in [1.165, 1.54) is 12.1 Å². The highest BCUT2D eigenvalue weighted by Gasteiger charge is 2.19. The minimum atomic E-state index is -4.72. The van der Waals surface area contributed by atoms with Gasteiger partial charge in [0.05, 0.1) is 4.90 Å². The summed E-state index contributed by atoms with van der Waals surface area (Å²) >= 11 is 0. The molecule has 0 saturated carbocycles. The van der Waals surface area contributed by atoms with Gasteiger partial charge in [0.1, 0.15) is 10.7 Å². The molecule has 0 radical (unpaired) electrons. The van der Waals surface area contributed by atoms with Crippen molar-refractivity contribution in [3.8, 4) is 0 Å². The Hall–Kier alpha value is -2.87. The molecule has 13 heteroatoms. The van der Waals surface area contributed by atoms with Crippen LogP contribution < -0.4 is 11.1 Å². The molecule has 0 bridgehead atoms. The molecule has 1 aromatic heterocycles. The molecule has 0 saturated heterocycles. The van der Waals surface area contributed by atoms with E-state index in [0.29, 0.717) is 12.2 Å². The van der Waals surface area contributed by atoms with Crippen LogP contribution in [0.25, 0.3) is 10.8 Å². The van der Waals surface area contributed by atoms with E-state index in [-0.39, 0.29) is 28.4 Å². The quantitative estimate of drug-likeness (QED) is 0.433. The van der Waals surface area contributed by atoms with Crippen LogP contribution in [0.2, 0.25) is 0 Å². The molecule has 148 valence electrons. The first kappa shape index (κ1) is 19.9. The third-order valence-corrected chi connectivity index (χ3v) is 5.48. The van der Waals surface area contributed by atoms with E-state index in [1.807, 2.05) is 6.92 Å². The summed E-state index contributed by atoms with van der Waals surface area (Å²) in [5.74, 6) is 0.464. The topological polar surface area (TPSA) is 185 Å². The SMILES string of the molecule is CCc1nc(N)nc(Nc2cc(S(=O)(=O)O)c3cc(S(=O)(=O)O)ccc3c2)n1. The zero-order valence-electron chi connectivity index (χ0n) is 14.4. The van der Waals surface area contributed by atoms with Crippen molar-refractivity contribution in [2.75, 3.05) is 11.1 Å². The highest BCUT2D eigenvalue weighted by atomic mass is 32.2. The van der Waals surface area contributed by atoms with Crippen molar-refractivity contribution >= 4 is 48.6 Å². The van der Waals surface area contributed by atoms with Crippen molar-refractivity contribution in [2.24, 2.45) is 0 Å². The lowest BCUT2D eigenvalue weighted by atomic mass is 10.1. The van der Waals surface area contributed by atoms with E-state index >= 15 is 0 Å². The molecule has 2 aromatic carbocycles. The van der Waals surface area contributed by atoms with Gasteiger partial charge in [-0.15, -0.1) is 0 Å². The van der Waals surface area contributed by atoms with E-state index in [0.717, 1.165) is 18.2 Å². The Morgan fingerprint density at radius 2 is 1.71 bits per heavy atom. The molecule has 28 heavy (non-hydrogen) atoms. The lowest BCUT2D eigenvalue weighted by molar-refractivity contribution is 0.480. The largest absolute Gasteiger partial charge is 0.368 e. The number of nitrogens with two attached hydrogens (primary N) is 1. The highest BCUT2D eigenvalue weighted by Crippen LogP contribution is 2.30. The first-order valence-electron chi connectivity index (χ1n) is 7.77. The van der Waals surface area contributed by atoms with Crippen LogP contribution in [0.5, 0.6) is 0 Å². The molecule has 0 spiro atoms. The summed E-state index contributed by atoms with van der Waals surface area (Å²) < 4.78 is 65.1. The van der Waals surface area contributed by atoms with Gasteiger partial charge in [-0.3, -0.25) is 9.11 Å². The Labute approximate surface area is 160 Å². The third-order valence-electron chi connectivity index (χ3n) is 3.73. The smallest absolute Gasteiger partial charge is 0.295 e. The summed E-state index contributed by atoms with van der Waals surface area (Å²) in [5, 5.41) is 2.97. The van der Waals surface area contributed by atoms with Crippen LogP contribution in [-0.4, -0.2) is 40.9 Å². The predicted octanol–water partition coefficient (Wildman–Crippen LogP) is 1.41. The van der Waals surface area contributed by atoms with Gasteiger partial charge < -0.3 is 11.1 Å². The molecular weight excluding hydrogens is 410 g/mol. The maximum atomic E-state index is 11.8. The van der Waals surface area contributed by atoms with Crippen molar-refractivity contribution in [2.45, 2.75) is 23.1 Å². The van der Waals surface area contributed by atoms with Crippen molar-refractivity contribution in [3.63, 3.8) is 0 Å². The minimum Gasteiger partial charge on any atom is -0.368 e. The molecule has 0 aliphatic rings. The van der Waals surface area contributed by atoms with Crippen molar-refractivity contribution in [1.29, 1.82) is 0 Å². The van der Waals surface area contributed by atoms with E-state index in [1.54, 1.807) is 0 Å². The first-order valence-corrected chi connectivity index (χ1v) is 10.7. The fourth-order valence-electron chi connectivity index (χ4n) is 2.53. The number of rotatable bonds is 5. The number of benzene rings is 2. The molecule has 0 aliphatic carbocycles. The fraction of sp³-hybridized carbons (Fsp3) is 0.133. The number of nitrogen functional groups attached to an aromatic ring is 1. The molecule has 1 heterocycles. The van der Waals surface area contributed by atoms with Gasteiger partial charge in [-0.25, -0.2) is 0 Å². The summed E-state index contributed by atoms with van der Waals surface area (Å²) in [6, 6.07) is 5.91. The van der Waals surface area contributed by atoms with Crippen LogP contribution >= 0.6 is 0 Å². The molecule has 5 N–H and O–H groups in total. The second kappa shape index (κ2) is 6.94. The number of aryl methyl sites for hydroxylation is 1. The molecule has 3 aromatic rings. The zero-order valence-corrected chi connectivity index (χ0v) is 16.0. The van der Waals surface area contributed by atoms with Gasteiger partial charge in [0, 0.05) is 17.5 Å². The summed E-state index contributed by atoms with van der Waals surface area (Å²) in [4.78, 5) is 10.9. The van der Waals surface area contributed by atoms with Gasteiger partial charge in [0.2, 0.25) is 11.9 Å². The van der Waals surface area contributed by atoms with Crippen LogP contribution in [0, 0.1) is 0 Å². The van der Waals surface area contributed by atoms with Gasteiger partial charge in [-0.05, 0) is 29.7 Å². The summed E-state index contributed by atoms with van der Waals surface area (Å²) in [5.41, 5.74) is 5.82. The average Bonchev–Trinajstić information content (AvgIpc) is 2.58. The summed E-state index contributed by atoms with van der Waals surface area (Å²) in [6.07, 6.45) is 0.494. The number of hydrogen-bond acceptors (Lipinski definition) is 9. The molecule has 0 aliphatic heterocycles.